The van der Waals surface area contributed by atoms with Crippen LogP contribution in [-0.2, 0) is 17.8 Å². The van der Waals surface area contributed by atoms with Crippen LogP contribution in [0.15, 0.2) is 42.6 Å². The highest BCUT2D eigenvalue weighted by Gasteiger charge is 2.31. The van der Waals surface area contributed by atoms with Crippen LogP contribution in [0.2, 0.25) is 0 Å². The molecule has 2 aromatic heterocycles. The van der Waals surface area contributed by atoms with Crippen molar-refractivity contribution < 1.29 is 22.7 Å². The summed E-state index contributed by atoms with van der Waals surface area (Å²) in [4.78, 5) is 21.4. The predicted octanol–water partition coefficient (Wildman–Crippen LogP) is 3.43. The lowest BCUT2D eigenvalue weighted by Crippen LogP contribution is -2.38. The molecule has 2 N–H and O–H groups in total. The zero-order valence-electron chi connectivity index (χ0n) is 18.1. The van der Waals surface area contributed by atoms with Gasteiger partial charge in [-0.2, -0.15) is 0 Å². The molecule has 0 spiro atoms. The molecule has 1 aliphatic rings. The third-order valence-electron chi connectivity index (χ3n) is 5.64. The fraction of sp³-hybridized carbons (Fsp3) is 0.435. The Bertz CT molecular complexity index is 1080. The molecule has 1 aromatic carbocycles. The van der Waals surface area contributed by atoms with Gasteiger partial charge in [0.15, 0.2) is 5.65 Å². The summed E-state index contributed by atoms with van der Waals surface area (Å²) in [5.74, 6) is 0.861. The molecule has 3 heterocycles. The second-order valence-corrected chi connectivity index (χ2v) is 8.17. The summed E-state index contributed by atoms with van der Waals surface area (Å²) >= 11 is 0. The second kappa shape index (κ2) is 10.2. The number of alkyl halides is 3. The number of amides is 1. The van der Waals surface area contributed by atoms with Gasteiger partial charge in [-0.1, -0.05) is 12.1 Å². The van der Waals surface area contributed by atoms with Gasteiger partial charge in [-0.25, -0.2) is 9.97 Å². The lowest BCUT2D eigenvalue weighted by molar-refractivity contribution is -0.274. The molecule has 1 saturated heterocycles. The number of piperidine rings is 1. The number of nitrogens with one attached hydrogen (secondary N) is 2. The van der Waals surface area contributed by atoms with E-state index in [-0.39, 0.29) is 11.7 Å². The Morgan fingerprint density at radius 1 is 1.24 bits per heavy atom. The summed E-state index contributed by atoms with van der Waals surface area (Å²) in [6.07, 6.45) is -0.104. The molecule has 1 atom stereocenters. The molecule has 3 aromatic rings. The molecule has 33 heavy (non-hydrogen) atoms. The number of nitrogens with zero attached hydrogens (tertiary/aromatic N) is 3. The van der Waals surface area contributed by atoms with E-state index in [0.29, 0.717) is 48.8 Å². The topological polar surface area (TPSA) is 81.1 Å². The van der Waals surface area contributed by atoms with Crippen LogP contribution in [0.3, 0.4) is 0 Å². The standard InChI is InChI=1S/C23H26F3N5O2/c24-23(25,26)33-18-7-5-16(6-8-18)15-31-20(30-19-4-2-12-28-22(19)31)9-10-21(32)29-14-17-3-1-11-27-13-17/h2,4-8,12,17,27H,1,3,9-11,13-15H2,(H,29,32)/t17-/m1/s1. The third-order valence-corrected chi connectivity index (χ3v) is 5.64. The maximum Gasteiger partial charge on any atom is 0.573 e. The van der Waals surface area contributed by atoms with Crippen molar-refractivity contribution in [2.24, 2.45) is 5.92 Å². The maximum absolute atomic E-state index is 12.4. The third kappa shape index (κ3) is 6.44. The van der Waals surface area contributed by atoms with Crippen LogP contribution >= 0.6 is 0 Å². The van der Waals surface area contributed by atoms with Gasteiger partial charge in [-0.3, -0.25) is 4.79 Å². The first-order valence-electron chi connectivity index (χ1n) is 11.0. The first-order chi connectivity index (χ1) is 15.9. The van der Waals surface area contributed by atoms with Crippen molar-refractivity contribution in [2.45, 2.75) is 38.6 Å². The largest absolute Gasteiger partial charge is 0.573 e. The number of ether oxygens (including phenoxy) is 1. The molecular weight excluding hydrogens is 435 g/mol. The molecule has 10 heteroatoms. The van der Waals surface area contributed by atoms with Crippen molar-refractivity contribution in [3.8, 4) is 5.75 Å². The first-order valence-corrected chi connectivity index (χ1v) is 11.0. The average molecular weight is 461 g/mol. The molecule has 7 nitrogen and oxygen atoms in total. The van der Waals surface area contributed by atoms with Crippen molar-refractivity contribution in [1.82, 2.24) is 25.2 Å². The summed E-state index contributed by atoms with van der Waals surface area (Å²) in [6, 6.07) is 9.34. The van der Waals surface area contributed by atoms with Crippen molar-refractivity contribution >= 4 is 17.1 Å². The van der Waals surface area contributed by atoms with Crippen molar-refractivity contribution in [3.63, 3.8) is 0 Å². The van der Waals surface area contributed by atoms with Crippen LogP contribution in [0, 0.1) is 5.92 Å². The number of aryl methyl sites for hydroxylation is 1. The minimum atomic E-state index is -4.73. The normalized spacial score (nSPS) is 16.6. The van der Waals surface area contributed by atoms with Gasteiger partial charge >= 0.3 is 6.36 Å². The quantitative estimate of drug-likeness (QED) is 0.537. The van der Waals surface area contributed by atoms with Crippen LogP contribution in [0.25, 0.3) is 11.2 Å². The Morgan fingerprint density at radius 3 is 2.79 bits per heavy atom. The highest BCUT2D eigenvalue weighted by atomic mass is 19.4. The van der Waals surface area contributed by atoms with E-state index in [1.54, 1.807) is 24.4 Å². The minimum Gasteiger partial charge on any atom is -0.406 e. The van der Waals surface area contributed by atoms with E-state index in [2.05, 4.69) is 25.3 Å². The number of fused-ring (bicyclic) bond motifs is 1. The lowest BCUT2D eigenvalue weighted by atomic mass is 10.00. The number of carbonyl (C=O) groups is 1. The van der Waals surface area contributed by atoms with Crippen LogP contribution in [0.5, 0.6) is 5.75 Å². The molecule has 0 unspecified atom stereocenters. The van der Waals surface area contributed by atoms with Gasteiger partial charge in [0, 0.05) is 25.6 Å². The Kier molecular flexibility index (Phi) is 7.12. The zero-order valence-corrected chi connectivity index (χ0v) is 18.1. The SMILES string of the molecule is O=C(CCc1nc2cccnc2n1Cc1ccc(OC(F)(F)F)cc1)NC[C@@H]1CCCNC1. The molecule has 1 aliphatic heterocycles. The Hall–Kier alpha value is -3.14. The number of hydrogen-bond donors (Lipinski definition) is 2. The molecule has 1 fully saturated rings. The summed E-state index contributed by atoms with van der Waals surface area (Å²) in [5.41, 5.74) is 2.14. The number of halogens is 3. The number of pyridine rings is 1. The van der Waals surface area contributed by atoms with Crippen molar-refractivity contribution in [3.05, 3.63) is 54.0 Å². The Morgan fingerprint density at radius 2 is 2.06 bits per heavy atom. The smallest absolute Gasteiger partial charge is 0.406 e. The lowest BCUT2D eigenvalue weighted by Gasteiger charge is -2.22. The van der Waals surface area contributed by atoms with E-state index in [4.69, 9.17) is 0 Å². The van der Waals surface area contributed by atoms with Crippen LogP contribution < -0.4 is 15.4 Å². The van der Waals surface area contributed by atoms with Gasteiger partial charge in [-0.05, 0) is 61.7 Å². The van der Waals surface area contributed by atoms with Crippen LogP contribution in [-0.4, -0.2) is 46.4 Å². The van der Waals surface area contributed by atoms with Crippen molar-refractivity contribution in [1.29, 1.82) is 0 Å². The Balaban J connectivity index is 1.42. The summed E-state index contributed by atoms with van der Waals surface area (Å²) in [5, 5.41) is 6.35. The van der Waals surface area contributed by atoms with Crippen molar-refractivity contribution in [2.75, 3.05) is 19.6 Å². The fourth-order valence-corrected chi connectivity index (χ4v) is 4.01. The van der Waals surface area contributed by atoms with E-state index in [1.807, 2.05) is 10.6 Å². The number of carbonyl (C=O) groups excluding carboxylic acids is 1. The monoisotopic (exact) mass is 461 g/mol. The average Bonchev–Trinajstić information content (AvgIpc) is 3.14. The van der Waals surface area contributed by atoms with Gasteiger partial charge < -0.3 is 19.9 Å². The van der Waals surface area contributed by atoms with E-state index in [9.17, 15) is 18.0 Å². The molecule has 0 saturated carbocycles. The van der Waals surface area contributed by atoms with E-state index in [0.717, 1.165) is 31.5 Å². The molecular formula is C23H26F3N5O2. The highest BCUT2D eigenvalue weighted by Crippen LogP contribution is 2.24. The maximum atomic E-state index is 12.4. The molecule has 0 aliphatic carbocycles. The molecule has 1 amide bonds. The second-order valence-electron chi connectivity index (χ2n) is 8.17. The number of benzene rings is 1. The van der Waals surface area contributed by atoms with E-state index < -0.39 is 6.36 Å². The van der Waals surface area contributed by atoms with Gasteiger partial charge in [0.1, 0.15) is 17.1 Å². The molecule has 0 radical (unpaired) electrons. The summed E-state index contributed by atoms with van der Waals surface area (Å²) in [7, 11) is 0. The minimum absolute atomic E-state index is 0.0270. The number of aromatic nitrogens is 3. The number of rotatable bonds is 8. The Labute approximate surface area is 189 Å². The molecule has 176 valence electrons. The highest BCUT2D eigenvalue weighted by molar-refractivity contribution is 5.76. The number of hydrogen-bond acceptors (Lipinski definition) is 5. The van der Waals surface area contributed by atoms with Crippen LogP contribution in [0.4, 0.5) is 13.2 Å². The van der Waals surface area contributed by atoms with Crippen LogP contribution in [0.1, 0.15) is 30.7 Å². The molecule has 0 bridgehead atoms. The number of imidazole rings is 1. The summed E-state index contributed by atoms with van der Waals surface area (Å²) in [6.45, 7) is 2.99. The zero-order chi connectivity index (χ0) is 23.3. The predicted molar refractivity (Wildman–Crippen MR) is 117 cm³/mol. The fourth-order valence-electron chi connectivity index (χ4n) is 4.01. The first kappa shape index (κ1) is 23.0. The molecule has 4 rings (SSSR count). The van der Waals surface area contributed by atoms with Gasteiger partial charge in [0.05, 0.1) is 6.54 Å². The van der Waals surface area contributed by atoms with E-state index >= 15 is 0 Å². The van der Waals surface area contributed by atoms with Gasteiger partial charge in [-0.15, -0.1) is 13.2 Å². The van der Waals surface area contributed by atoms with Gasteiger partial charge in [0.25, 0.3) is 0 Å². The van der Waals surface area contributed by atoms with Gasteiger partial charge in [0.2, 0.25) is 5.91 Å². The van der Waals surface area contributed by atoms with E-state index in [1.165, 1.54) is 12.1 Å². The summed E-state index contributed by atoms with van der Waals surface area (Å²) < 4.78 is 43.1.